The summed E-state index contributed by atoms with van der Waals surface area (Å²) in [6.07, 6.45) is 0. The van der Waals surface area contributed by atoms with Crippen LogP contribution in [0.5, 0.6) is 0 Å². The molecule has 0 atom stereocenters. The highest BCUT2D eigenvalue weighted by Crippen LogP contribution is 2.45. The maximum Gasteiger partial charge on any atom is 0.0542 e. The second-order valence-corrected chi connectivity index (χ2v) is 14.2. The first kappa shape index (κ1) is 31.9. The lowest BCUT2D eigenvalue weighted by molar-refractivity contribution is 1.18. The zero-order valence-electron chi connectivity index (χ0n) is 29.4. The van der Waals surface area contributed by atoms with Crippen LogP contribution in [-0.4, -0.2) is 4.57 Å². The summed E-state index contributed by atoms with van der Waals surface area (Å²) in [6.45, 7) is 0. The molecular formula is C50H35N3S. The van der Waals surface area contributed by atoms with Crippen LogP contribution in [0.25, 0.3) is 71.3 Å². The number of benzene rings is 9. The highest BCUT2D eigenvalue weighted by atomic mass is 32.1. The Morgan fingerprint density at radius 2 is 1.00 bits per heavy atom. The highest BCUT2D eigenvalue weighted by molar-refractivity contribution is 7.80. The SMILES string of the molecule is Nc1c(S)ccc2c1cc(-c1ccc(N(c3ccc4c(c3)c3ccccc3n4-c3ccccc3)c3ccccc3-c3ccccc3)cc1)c1ccccc12. The zero-order valence-corrected chi connectivity index (χ0v) is 30.3. The van der Waals surface area contributed by atoms with Gasteiger partial charge in [0.05, 0.1) is 22.4 Å². The van der Waals surface area contributed by atoms with Gasteiger partial charge in [-0.2, -0.15) is 0 Å². The van der Waals surface area contributed by atoms with Crippen LogP contribution in [0, 0.1) is 0 Å². The molecule has 2 N–H and O–H groups in total. The Labute approximate surface area is 319 Å². The molecule has 4 heteroatoms. The van der Waals surface area contributed by atoms with E-state index < -0.39 is 0 Å². The van der Waals surface area contributed by atoms with Crippen LogP contribution in [0.1, 0.15) is 0 Å². The largest absolute Gasteiger partial charge is 0.397 e. The molecule has 0 aliphatic carbocycles. The van der Waals surface area contributed by atoms with Gasteiger partial charge in [-0.3, -0.25) is 0 Å². The van der Waals surface area contributed by atoms with Crippen LogP contribution >= 0.6 is 12.6 Å². The molecule has 9 aromatic carbocycles. The van der Waals surface area contributed by atoms with Crippen molar-refractivity contribution in [1.82, 2.24) is 4.57 Å². The standard InChI is InChI=1S/C50H35N3S/c51-50-45-32-43(40-19-8-7-18-39(40)41(45)28-30-49(50)54)34-23-25-36(26-24-34)52(46-21-11-9-17-38(46)33-13-3-1-4-14-33)37-27-29-48-44(31-37)42-20-10-12-22-47(42)53(48)35-15-5-2-6-16-35/h1-32,54H,51H2. The van der Waals surface area contributed by atoms with Gasteiger partial charge in [0.1, 0.15) is 0 Å². The molecule has 0 aliphatic heterocycles. The lowest BCUT2D eigenvalue weighted by atomic mass is 9.92. The monoisotopic (exact) mass is 709 g/mol. The van der Waals surface area contributed by atoms with Crippen LogP contribution in [0.15, 0.2) is 199 Å². The Hall–Kier alpha value is -6.75. The molecule has 0 unspecified atom stereocenters. The minimum absolute atomic E-state index is 0.701. The van der Waals surface area contributed by atoms with Crippen molar-refractivity contribution >= 4 is 78.7 Å². The molecule has 0 spiro atoms. The number of thiol groups is 1. The van der Waals surface area contributed by atoms with Crippen molar-refractivity contribution in [1.29, 1.82) is 0 Å². The van der Waals surface area contributed by atoms with E-state index in [9.17, 15) is 0 Å². The maximum atomic E-state index is 6.64. The third-order valence-electron chi connectivity index (χ3n) is 10.7. The van der Waals surface area contributed by atoms with Gasteiger partial charge in [-0.25, -0.2) is 0 Å². The number of rotatable bonds is 6. The molecule has 10 aromatic rings. The van der Waals surface area contributed by atoms with Crippen molar-refractivity contribution in [2.45, 2.75) is 4.90 Å². The van der Waals surface area contributed by atoms with Gasteiger partial charge in [0, 0.05) is 43.7 Å². The van der Waals surface area contributed by atoms with Crippen molar-refractivity contribution < 1.29 is 0 Å². The van der Waals surface area contributed by atoms with Crippen LogP contribution in [0.2, 0.25) is 0 Å². The van der Waals surface area contributed by atoms with Gasteiger partial charge in [-0.1, -0.05) is 127 Å². The normalized spacial score (nSPS) is 11.5. The average molecular weight is 710 g/mol. The Bertz CT molecular complexity index is 3000. The van der Waals surface area contributed by atoms with Gasteiger partial charge < -0.3 is 15.2 Å². The van der Waals surface area contributed by atoms with E-state index in [0.717, 1.165) is 55.1 Å². The third-order valence-corrected chi connectivity index (χ3v) is 11.0. The molecule has 0 aliphatic rings. The van der Waals surface area contributed by atoms with Crippen LogP contribution in [0.4, 0.5) is 22.7 Å². The second-order valence-electron chi connectivity index (χ2n) is 13.7. The molecular weight excluding hydrogens is 675 g/mol. The van der Waals surface area contributed by atoms with Gasteiger partial charge >= 0.3 is 0 Å². The summed E-state index contributed by atoms with van der Waals surface area (Å²) >= 11 is 4.66. The smallest absolute Gasteiger partial charge is 0.0542 e. The predicted octanol–water partition coefficient (Wildman–Crippen LogP) is 13.8. The van der Waals surface area contributed by atoms with E-state index in [2.05, 4.69) is 210 Å². The van der Waals surface area contributed by atoms with E-state index in [1.54, 1.807) is 0 Å². The molecule has 0 bridgehead atoms. The highest BCUT2D eigenvalue weighted by Gasteiger charge is 2.20. The van der Waals surface area contributed by atoms with Crippen LogP contribution < -0.4 is 10.6 Å². The minimum atomic E-state index is 0.701. The van der Waals surface area contributed by atoms with Gasteiger partial charge in [-0.15, -0.1) is 12.6 Å². The molecule has 0 radical (unpaired) electrons. The molecule has 256 valence electrons. The molecule has 0 fully saturated rings. The van der Waals surface area contributed by atoms with Gasteiger partial charge in [0.2, 0.25) is 0 Å². The fourth-order valence-corrected chi connectivity index (χ4v) is 8.33. The summed E-state index contributed by atoms with van der Waals surface area (Å²) in [7, 11) is 0. The number of para-hydroxylation sites is 3. The van der Waals surface area contributed by atoms with E-state index in [-0.39, 0.29) is 0 Å². The van der Waals surface area contributed by atoms with E-state index in [4.69, 9.17) is 5.73 Å². The van der Waals surface area contributed by atoms with E-state index in [0.29, 0.717) is 5.69 Å². The van der Waals surface area contributed by atoms with Gasteiger partial charge in [0.25, 0.3) is 0 Å². The minimum Gasteiger partial charge on any atom is -0.397 e. The van der Waals surface area contributed by atoms with E-state index >= 15 is 0 Å². The summed E-state index contributed by atoms with van der Waals surface area (Å²) < 4.78 is 2.36. The Kier molecular flexibility index (Phi) is 7.71. The molecule has 0 saturated heterocycles. The number of anilines is 4. The lowest BCUT2D eigenvalue weighted by Gasteiger charge is -2.28. The first-order valence-electron chi connectivity index (χ1n) is 18.2. The molecule has 1 heterocycles. The summed E-state index contributed by atoms with van der Waals surface area (Å²) in [4.78, 5) is 3.18. The van der Waals surface area contributed by atoms with Crippen molar-refractivity contribution in [3.8, 4) is 27.9 Å². The Balaban J connectivity index is 1.18. The van der Waals surface area contributed by atoms with Gasteiger partial charge in [-0.05, 0) is 99.6 Å². The third kappa shape index (κ3) is 5.22. The number of nitrogens with two attached hydrogens (primary N) is 1. The topological polar surface area (TPSA) is 34.2 Å². The van der Waals surface area contributed by atoms with Crippen molar-refractivity contribution in [2.24, 2.45) is 0 Å². The van der Waals surface area contributed by atoms with Crippen molar-refractivity contribution in [3.05, 3.63) is 194 Å². The van der Waals surface area contributed by atoms with Crippen LogP contribution in [0.3, 0.4) is 0 Å². The fourth-order valence-electron chi connectivity index (χ4n) is 8.13. The number of nitrogen functional groups attached to an aromatic ring is 1. The van der Waals surface area contributed by atoms with Crippen LogP contribution in [-0.2, 0) is 0 Å². The quantitative estimate of drug-likeness (QED) is 0.102. The first-order chi connectivity index (χ1) is 26.6. The first-order valence-corrected chi connectivity index (χ1v) is 18.7. The average Bonchev–Trinajstić information content (AvgIpc) is 3.57. The summed E-state index contributed by atoms with van der Waals surface area (Å²) in [5.74, 6) is 0. The second kappa shape index (κ2) is 13.0. The summed E-state index contributed by atoms with van der Waals surface area (Å²) in [6, 6.07) is 69.4. The lowest BCUT2D eigenvalue weighted by Crippen LogP contribution is -2.11. The predicted molar refractivity (Wildman–Crippen MR) is 233 cm³/mol. The summed E-state index contributed by atoms with van der Waals surface area (Å²) in [5.41, 5.74) is 18.7. The number of fused-ring (bicyclic) bond motifs is 6. The molecule has 0 amide bonds. The molecule has 10 rings (SSSR count). The number of nitrogens with zero attached hydrogens (tertiary/aromatic N) is 2. The molecule has 54 heavy (non-hydrogen) atoms. The molecule has 1 aromatic heterocycles. The Morgan fingerprint density at radius 1 is 0.407 bits per heavy atom. The Morgan fingerprint density at radius 3 is 1.80 bits per heavy atom. The zero-order chi connectivity index (χ0) is 36.2. The number of hydrogen-bond acceptors (Lipinski definition) is 3. The molecule has 3 nitrogen and oxygen atoms in total. The number of aromatic nitrogens is 1. The van der Waals surface area contributed by atoms with Crippen molar-refractivity contribution in [2.75, 3.05) is 10.6 Å². The van der Waals surface area contributed by atoms with Crippen molar-refractivity contribution in [3.63, 3.8) is 0 Å². The molecule has 0 saturated carbocycles. The van der Waals surface area contributed by atoms with Gasteiger partial charge in [0.15, 0.2) is 0 Å². The maximum absolute atomic E-state index is 6.64. The number of hydrogen-bond donors (Lipinski definition) is 2. The van der Waals surface area contributed by atoms with E-state index in [1.807, 2.05) is 6.07 Å². The van der Waals surface area contributed by atoms with E-state index in [1.165, 1.54) is 38.1 Å². The summed E-state index contributed by atoms with van der Waals surface area (Å²) in [5, 5.41) is 6.94. The fraction of sp³-hybridized carbons (Fsp3) is 0.